The fraction of sp³-hybridized carbons (Fsp3) is 0.333. The second-order valence-corrected chi connectivity index (χ2v) is 5.04. The summed E-state index contributed by atoms with van der Waals surface area (Å²) in [5.74, 6) is 0.362. The lowest BCUT2D eigenvalue weighted by atomic mass is 10.1. The van der Waals surface area contributed by atoms with Gasteiger partial charge >= 0.3 is 0 Å². The lowest BCUT2D eigenvalue weighted by Crippen LogP contribution is -2.25. The predicted molar refractivity (Wildman–Crippen MR) is 72.5 cm³/mol. The summed E-state index contributed by atoms with van der Waals surface area (Å²) in [5.41, 5.74) is 2.05. The van der Waals surface area contributed by atoms with Gasteiger partial charge in [0.05, 0.1) is 5.52 Å². The summed E-state index contributed by atoms with van der Waals surface area (Å²) < 4.78 is 1.71. The standard InChI is InChI=1S/C15H16N2O/c1-10(2)9-17-14-5-4-11(3)6-12(14)7-13(8-16)15(17)18/h4-7,10H,9H2,1-3H3. The molecule has 0 saturated carbocycles. The van der Waals surface area contributed by atoms with Crippen molar-refractivity contribution in [2.75, 3.05) is 0 Å². The van der Waals surface area contributed by atoms with E-state index in [1.807, 2.05) is 31.2 Å². The van der Waals surface area contributed by atoms with Crippen LogP contribution < -0.4 is 5.56 Å². The minimum Gasteiger partial charge on any atom is -0.307 e. The van der Waals surface area contributed by atoms with Crippen molar-refractivity contribution < 1.29 is 0 Å². The number of aryl methyl sites for hydroxylation is 1. The van der Waals surface area contributed by atoms with E-state index in [4.69, 9.17) is 5.26 Å². The Labute approximate surface area is 106 Å². The van der Waals surface area contributed by atoms with Crippen LogP contribution in [-0.4, -0.2) is 4.57 Å². The third-order valence-electron chi connectivity index (χ3n) is 2.92. The number of nitrogens with zero attached hydrogens (tertiary/aromatic N) is 2. The van der Waals surface area contributed by atoms with Crippen molar-refractivity contribution in [3.05, 3.63) is 45.7 Å². The van der Waals surface area contributed by atoms with Crippen molar-refractivity contribution >= 4 is 10.9 Å². The Hall–Kier alpha value is -2.08. The van der Waals surface area contributed by atoms with Gasteiger partial charge in [0.15, 0.2) is 0 Å². The molecule has 0 bridgehead atoms. The number of hydrogen-bond acceptors (Lipinski definition) is 2. The topological polar surface area (TPSA) is 45.8 Å². The Morgan fingerprint density at radius 2 is 2.06 bits per heavy atom. The SMILES string of the molecule is Cc1ccc2c(c1)cc(C#N)c(=O)n2CC(C)C. The monoisotopic (exact) mass is 240 g/mol. The second-order valence-electron chi connectivity index (χ2n) is 5.04. The molecule has 0 aliphatic rings. The highest BCUT2D eigenvalue weighted by atomic mass is 16.1. The molecule has 0 amide bonds. The van der Waals surface area contributed by atoms with Crippen LogP contribution in [0.2, 0.25) is 0 Å². The summed E-state index contributed by atoms with van der Waals surface area (Å²) in [6.45, 7) is 6.76. The maximum atomic E-state index is 12.2. The van der Waals surface area contributed by atoms with E-state index in [2.05, 4.69) is 13.8 Å². The van der Waals surface area contributed by atoms with Crippen LogP contribution in [0.5, 0.6) is 0 Å². The summed E-state index contributed by atoms with van der Waals surface area (Å²) in [5, 5.41) is 9.99. The summed E-state index contributed by atoms with van der Waals surface area (Å²) in [6.07, 6.45) is 0. The first-order valence-corrected chi connectivity index (χ1v) is 6.07. The lowest BCUT2D eigenvalue weighted by Gasteiger charge is -2.13. The van der Waals surface area contributed by atoms with Gasteiger partial charge in [0, 0.05) is 11.9 Å². The van der Waals surface area contributed by atoms with Crippen LogP contribution in [0.3, 0.4) is 0 Å². The van der Waals surface area contributed by atoms with Gasteiger partial charge in [-0.1, -0.05) is 25.5 Å². The van der Waals surface area contributed by atoms with Crippen LogP contribution in [0.1, 0.15) is 25.0 Å². The maximum absolute atomic E-state index is 12.2. The number of aromatic nitrogens is 1. The number of fused-ring (bicyclic) bond motifs is 1. The molecule has 1 aromatic heterocycles. The highest BCUT2D eigenvalue weighted by Crippen LogP contribution is 2.16. The molecule has 0 aliphatic carbocycles. The van der Waals surface area contributed by atoms with Crippen molar-refractivity contribution in [1.29, 1.82) is 5.26 Å². The van der Waals surface area contributed by atoms with E-state index in [9.17, 15) is 4.79 Å². The molecule has 0 N–H and O–H groups in total. The van der Waals surface area contributed by atoms with E-state index < -0.39 is 0 Å². The molecule has 2 aromatic rings. The molecule has 0 aliphatic heterocycles. The summed E-state index contributed by atoms with van der Waals surface area (Å²) in [6, 6.07) is 9.62. The van der Waals surface area contributed by atoms with E-state index in [1.165, 1.54) is 0 Å². The van der Waals surface area contributed by atoms with E-state index >= 15 is 0 Å². The van der Waals surface area contributed by atoms with Crippen LogP contribution in [0, 0.1) is 24.2 Å². The molecular formula is C15H16N2O. The van der Waals surface area contributed by atoms with Crippen molar-refractivity contribution in [2.24, 2.45) is 5.92 Å². The molecule has 3 nitrogen and oxygen atoms in total. The van der Waals surface area contributed by atoms with Crippen molar-refractivity contribution in [3.8, 4) is 6.07 Å². The largest absolute Gasteiger partial charge is 0.307 e. The third-order valence-corrected chi connectivity index (χ3v) is 2.92. The van der Waals surface area contributed by atoms with E-state index in [1.54, 1.807) is 10.6 Å². The highest BCUT2D eigenvalue weighted by molar-refractivity contribution is 5.81. The summed E-state index contributed by atoms with van der Waals surface area (Å²) >= 11 is 0. The fourth-order valence-corrected chi connectivity index (χ4v) is 2.13. The average molecular weight is 240 g/mol. The molecule has 0 unspecified atom stereocenters. The normalized spacial score (nSPS) is 10.8. The van der Waals surface area contributed by atoms with Gasteiger partial charge in [0.1, 0.15) is 11.6 Å². The minimum absolute atomic E-state index is 0.192. The molecule has 0 saturated heterocycles. The highest BCUT2D eigenvalue weighted by Gasteiger charge is 2.10. The van der Waals surface area contributed by atoms with Gasteiger partial charge in [0.25, 0.3) is 5.56 Å². The van der Waals surface area contributed by atoms with Crippen molar-refractivity contribution in [2.45, 2.75) is 27.3 Å². The fourth-order valence-electron chi connectivity index (χ4n) is 2.13. The van der Waals surface area contributed by atoms with Gasteiger partial charge in [-0.15, -0.1) is 0 Å². The molecule has 0 spiro atoms. The smallest absolute Gasteiger partial charge is 0.268 e. The van der Waals surface area contributed by atoms with Gasteiger partial charge in [-0.05, 0) is 31.0 Å². The number of pyridine rings is 1. The zero-order chi connectivity index (χ0) is 13.3. The molecule has 92 valence electrons. The number of rotatable bonds is 2. The summed E-state index contributed by atoms with van der Waals surface area (Å²) in [7, 11) is 0. The van der Waals surface area contributed by atoms with Crippen LogP contribution >= 0.6 is 0 Å². The molecule has 3 heteroatoms. The van der Waals surface area contributed by atoms with Gasteiger partial charge in [-0.25, -0.2) is 0 Å². The Bertz CT molecular complexity index is 690. The first kappa shape index (κ1) is 12.4. The zero-order valence-corrected chi connectivity index (χ0v) is 10.9. The Balaban J connectivity index is 2.83. The zero-order valence-electron chi connectivity index (χ0n) is 10.9. The van der Waals surface area contributed by atoms with Crippen LogP contribution in [0.15, 0.2) is 29.1 Å². The first-order valence-electron chi connectivity index (χ1n) is 6.07. The maximum Gasteiger partial charge on any atom is 0.268 e. The minimum atomic E-state index is -0.192. The van der Waals surface area contributed by atoms with Gasteiger partial charge in [-0.2, -0.15) is 5.26 Å². The number of benzene rings is 1. The second kappa shape index (κ2) is 4.66. The molecule has 1 heterocycles. The molecule has 0 fully saturated rings. The predicted octanol–water partition coefficient (Wildman–Crippen LogP) is 2.84. The van der Waals surface area contributed by atoms with E-state index in [0.717, 1.165) is 16.5 Å². The number of nitriles is 1. The van der Waals surface area contributed by atoms with Crippen LogP contribution in [0.4, 0.5) is 0 Å². The van der Waals surface area contributed by atoms with Crippen LogP contribution in [0.25, 0.3) is 10.9 Å². The number of hydrogen-bond donors (Lipinski definition) is 0. The third kappa shape index (κ3) is 2.14. The van der Waals surface area contributed by atoms with E-state index in [0.29, 0.717) is 12.5 Å². The van der Waals surface area contributed by atoms with Gasteiger partial charge in [-0.3, -0.25) is 4.79 Å². The molecular weight excluding hydrogens is 224 g/mol. The van der Waals surface area contributed by atoms with Crippen molar-refractivity contribution in [3.63, 3.8) is 0 Å². The molecule has 0 atom stereocenters. The lowest BCUT2D eigenvalue weighted by molar-refractivity contribution is 0.523. The van der Waals surface area contributed by atoms with Crippen LogP contribution in [-0.2, 0) is 6.54 Å². The Morgan fingerprint density at radius 1 is 1.33 bits per heavy atom. The quantitative estimate of drug-likeness (QED) is 0.810. The summed E-state index contributed by atoms with van der Waals surface area (Å²) in [4.78, 5) is 12.2. The molecule has 18 heavy (non-hydrogen) atoms. The van der Waals surface area contributed by atoms with E-state index in [-0.39, 0.29) is 11.1 Å². The molecule has 1 aromatic carbocycles. The van der Waals surface area contributed by atoms with Crippen molar-refractivity contribution in [1.82, 2.24) is 4.57 Å². The Morgan fingerprint density at radius 3 is 2.67 bits per heavy atom. The Kier molecular flexibility index (Phi) is 3.20. The molecule has 0 radical (unpaired) electrons. The average Bonchev–Trinajstić information content (AvgIpc) is 2.31. The molecule has 2 rings (SSSR count). The van der Waals surface area contributed by atoms with Gasteiger partial charge in [0.2, 0.25) is 0 Å². The van der Waals surface area contributed by atoms with Gasteiger partial charge < -0.3 is 4.57 Å². The first-order chi connectivity index (χ1) is 8.52.